The van der Waals surface area contributed by atoms with Crippen molar-refractivity contribution < 1.29 is 24.2 Å². The number of rotatable bonds is 6. The Morgan fingerprint density at radius 1 is 1.10 bits per heavy atom. The SMILES string of the molecule is C[C@@H]1CN([C@H](C)CO)C(=O)c2cc(N(C)C)ccc2O[C@@H](C)CCCCO[C@@H]1CN(C)C(=O)NC1CCCCC1. The number of ether oxygens (including phenoxy) is 2. The molecule has 0 bridgehead atoms. The third-order valence-electron chi connectivity index (χ3n) is 8.28. The van der Waals surface area contributed by atoms with E-state index < -0.39 is 6.04 Å². The lowest BCUT2D eigenvalue weighted by molar-refractivity contribution is -0.0123. The van der Waals surface area contributed by atoms with Gasteiger partial charge in [-0.1, -0.05) is 26.2 Å². The van der Waals surface area contributed by atoms with Crippen molar-refractivity contribution in [2.45, 2.75) is 96.4 Å². The average molecular weight is 561 g/mol. The number of carbonyl (C=O) groups excluding carboxylic acids is 2. The summed E-state index contributed by atoms with van der Waals surface area (Å²) in [4.78, 5) is 32.5. The van der Waals surface area contributed by atoms with Gasteiger partial charge >= 0.3 is 6.03 Å². The molecule has 1 aromatic carbocycles. The van der Waals surface area contributed by atoms with E-state index in [-0.39, 0.29) is 42.7 Å². The summed E-state index contributed by atoms with van der Waals surface area (Å²) in [5.74, 6) is 0.305. The first-order chi connectivity index (χ1) is 19.1. The topological polar surface area (TPSA) is 94.6 Å². The molecule has 1 aromatic rings. The van der Waals surface area contributed by atoms with Crippen molar-refractivity contribution in [3.8, 4) is 5.75 Å². The van der Waals surface area contributed by atoms with Gasteiger partial charge in [0.1, 0.15) is 5.75 Å². The van der Waals surface area contributed by atoms with E-state index in [1.54, 1.807) is 9.80 Å². The quantitative estimate of drug-likeness (QED) is 0.531. The molecule has 4 atom stereocenters. The lowest BCUT2D eigenvalue weighted by Gasteiger charge is -2.36. The Labute approximate surface area is 241 Å². The summed E-state index contributed by atoms with van der Waals surface area (Å²) in [5.41, 5.74) is 1.39. The van der Waals surface area contributed by atoms with Crippen LogP contribution in [0.3, 0.4) is 0 Å². The molecule has 0 radical (unpaired) electrons. The number of urea groups is 1. The molecule has 0 unspecified atom stereocenters. The number of nitrogens with zero attached hydrogens (tertiary/aromatic N) is 3. The van der Waals surface area contributed by atoms with Gasteiger partial charge in [0.2, 0.25) is 0 Å². The van der Waals surface area contributed by atoms with Crippen LogP contribution in [0.1, 0.15) is 82.5 Å². The van der Waals surface area contributed by atoms with E-state index in [0.29, 0.717) is 31.0 Å². The zero-order valence-corrected chi connectivity index (χ0v) is 25.5. The zero-order valence-electron chi connectivity index (χ0n) is 25.5. The van der Waals surface area contributed by atoms with Crippen molar-refractivity contribution in [3.05, 3.63) is 23.8 Å². The van der Waals surface area contributed by atoms with Gasteiger partial charge in [-0.2, -0.15) is 0 Å². The Hall–Kier alpha value is -2.52. The number of nitrogens with one attached hydrogen (secondary N) is 1. The molecule has 1 aliphatic carbocycles. The molecule has 1 heterocycles. The number of aliphatic hydroxyl groups excluding tert-OH is 1. The molecule has 1 fully saturated rings. The predicted molar refractivity (Wildman–Crippen MR) is 159 cm³/mol. The van der Waals surface area contributed by atoms with Crippen molar-refractivity contribution >= 4 is 17.6 Å². The van der Waals surface area contributed by atoms with Gasteiger partial charge in [0.15, 0.2) is 0 Å². The number of carbonyl (C=O) groups is 2. The van der Waals surface area contributed by atoms with Crippen LogP contribution in [0.25, 0.3) is 0 Å². The Bertz CT molecular complexity index is 952. The number of hydrogen-bond acceptors (Lipinski definition) is 6. The van der Waals surface area contributed by atoms with Crippen molar-refractivity contribution in [3.63, 3.8) is 0 Å². The molecule has 226 valence electrons. The second-order valence-corrected chi connectivity index (χ2v) is 12.0. The summed E-state index contributed by atoms with van der Waals surface area (Å²) in [6.07, 6.45) is 7.97. The normalized spacial score (nSPS) is 24.3. The molecule has 9 heteroatoms. The van der Waals surface area contributed by atoms with Gasteiger partial charge in [0, 0.05) is 58.5 Å². The van der Waals surface area contributed by atoms with Crippen LogP contribution in [0.5, 0.6) is 5.75 Å². The zero-order chi connectivity index (χ0) is 29.2. The number of amides is 3. The summed E-state index contributed by atoms with van der Waals surface area (Å²) >= 11 is 0. The third kappa shape index (κ3) is 8.99. The largest absolute Gasteiger partial charge is 0.490 e. The Kier molecular flexibility index (Phi) is 12.4. The Morgan fingerprint density at radius 3 is 2.48 bits per heavy atom. The standard InChI is InChI=1S/C31H52N4O5/c1-22-19-35(23(2)21-36)30(37)27-18-26(33(4)5)15-16-28(27)40-24(3)12-10-11-17-39-29(22)20-34(6)31(38)32-25-13-8-7-9-14-25/h15-16,18,22-25,29,36H,7-14,17,19-21H2,1-6H3,(H,32,38)/t22-,23-,24+,29-/m1/s1. The molecule has 0 aromatic heterocycles. The molecule has 0 saturated heterocycles. The Morgan fingerprint density at radius 2 is 1.80 bits per heavy atom. The van der Waals surface area contributed by atoms with Crippen LogP contribution in [0.4, 0.5) is 10.5 Å². The van der Waals surface area contributed by atoms with E-state index in [1.807, 2.05) is 58.1 Å². The molecule has 2 N–H and O–H groups in total. The van der Waals surface area contributed by atoms with E-state index in [0.717, 1.165) is 50.6 Å². The number of aliphatic hydroxyl groups is 1. The van der Waals surface area contributed by atoms with Gasteiger partial charge in [-0.05, 0) is 64.2 Å². The lowest BCUT2D eigenvalue weighted by Crippen LogP contribution is -2.50. The van der Waals surface area contributed by atoms with E-state index in [9.17, 15) is 14.7 Å². The van der Waals surface area contributed by atoms with E-state index in [4.69, 9.17) is 9.47 Å². The summed E-state index contributed by atoms with van der Waals surface area (Å²) in [6, 6.07) is 5.47. The van der Waals surface area contributed by atoms with E-state index in [2.05, 4.69) is 12.2 Å². The van der Waals surface area contributed by atoms with Crippen LogP contribution < -0.4 is 15.0 Å². The monoisotopic (exact) mass is 560 g/mol. The molecule has 0 spiro atoms. The third-order valence-corrected chi connectivity index (χ3v) is 8.28. The van der Waals surface area contributed by atoms with Gasteiger partial charge < -0.3 is 34.6 Å². The van der Waals surface area contributed by atoms with Crippen LogP contribution in [0.2, 0.25) is 0 Å². The molecule has 3 amide bonds. The molecule has 40 heavy (non-hydrogen) atoms. The van der Waals surface area contributed by atoms with Crippen LogP contribution in [0.15, 0.2) is 18.2 Å². The average Bonchev–Trinajstić information content (AvgIpc) is 2.94. The number of anilines is 1. The predicted octanol–water partition coefficient (Wildman–Crippen LogP) is 4.52. The van der Waals surface area contributed by atoms with Gasteiger partial charge in [-0.25, -0.2) is 4.79 Å². The maximum atomic E-state index is 14.1. The van der Waals surface area contributed by atoms with Crippen LogP contribution in [0, 0.1) is 5.92 Å². The minimum Gasteiger partial charge on any atom is -0.490 e. The summed E-state index contributed by atoms with van der Waals surface area (Å²) in [6.45, 7) is 7.16. The number of hydrogen-bond donors (Lipinski definition) is 2. The highest BCUT2D eigenvalue weighted by Crippen LogP contribution is 2.29. The van der Waals surface area contributed by atoms with Crippen LogP contribution in [-0.2, 0) is 4.74 Å². The van der Waals surface area contributed by atoms with Gasteiger partial charge in [-0.3, -0.25) is 4.79 Å². The number of benzene rings is 1. The molecule has 1 aliphatic heterocycles. The fraction of sp³-hybridized carbons (Fsp3) is 0.742. The minimum absolute atomic E-state index is 0.0623. The van der Waals surface area contributed by atoms with Crippen molar-refractivity contribution in [1.29, 1.82) is 0 Å². The highest BCUT2D eigenvalue weighted by Gasteiger charge is 2.31. The first-order valence-electron chi connectivity index (χ1n) is 15.1. The highest BCUT2D eigenvalue weighted by molar-refractivity contribution is 5.98. The van der Waals surface area contributed by atoms with Crippen LogP contribution in [-0.4, -0.2) is 98.6 Å². The minimum atomic E-state index is -0.399. The van der Waals surface area contributed by atoms with Gasteiger partial charge in [-0.15, -0.1) is 0 Å². The first kappa shape index (κ1) is 32.0. The van der Waals surface area contributed by atoms with E-state index in [1.165, 1.54) is 6.42 Å². The summed E-state index contributed by atoms with van der Waals surface area (Å²) < 4.78 is 12.7. The number of likely N-dealkylation sites (N-methyl/N-ethyl adjacent to an activating group) is 1. The van der Waals surface area contributed by atoms with Crippen LogP contribution >= 0.6 is 0 Å². The maximum Gasteiger partial charge on any atom is 0.317 e. The molecule has 1 saturated carbocycles. The molecule has 9 nitrogen and oxygen atoms in total. The fourth-order valence-corrected chi connectivity index (χ4v) is 5.54. The highest BCUT2D eigenvalue weighted by atomic mass is 16.5. The lowest BCUT2D eigenvalue weighted by atomic mass is 9.96. The molecule has 3 rings (SSSR count). The second kappa shape index (κ2) is 15.5. The summed E-state index contributed by atoms with van der Waals surface area (Å²) in [5, 5.41) is 13.3. The van der Waals surface area contributed by atoms with Gasteiger partial charge in [0.05, 0.1) is 30.4 Å². The van der Waals surface area contributed by atoms with Crippen molar-refractivity contribution in [1.82, 2.24) is 15.1 Å². The second-order valence-electron chi connectivity index (χ2n) is 12.0. The van der Waals surface area contributed by atoms with Crippen molar-refractivity contribution in [2.24, 2.45) is 5.92 Å². The number of fused-ring (bicyclic) bond motifs is 1. The smallest absolute Gasteiger partial charge is 0.317 e. The molecule has 2 aliphatic rings. The Balaban J connectivity index is 1.85. The van der Waals surface area contributed by atoms with Gasteiger partial charge in [0.25, 0.3) is 5.91 Å². The van der Waals surface area contributed by atoms with E-state index >= 15 is 0 Å². The maximum absolute atomic E-state index is 14.1. The van der Waals surface area contributed by atoms with Crippen molar-refractivity contribution in [2.75, 3.05) is 52.3 Å². The first-order valence-corrected chi connectivity index (χ1v) is 15.1. The summed E-state index contributed by atoms with van der Waals surface area (Å²) in [7, 11) is 5.70. The molecular formula is C31H52N4O5. The fourth-order valence-electron chi connectivity index (χ4n) is 5.54. The molecular weight excluding hydrogens is 508 g/mol.